The van der Waals surface area contributed by atoms with Gasteiger partial charge in [0.2, 0.25) is 0 Å². The molecule has 1 N–H and O–H groups in total. The summed E-state index contributed by atoms with van der Waals surface area (Å²) in [6.45, 7) is 1.73. The quantitative estimate of drug-likeness (QED) is 0.735. The van der Waals surface area contributed by atoms with Crippen molar-refractivity contribution in [2.75, 3.05) is 0 Å². The van der Waals surface area contributed by atoms with Crippen LogP contribution in [0.1, 0.15) is 18.6 Å². The van der Waals surface area contributed by atoms with Gasteiger partial charge in [0, 0.05) is 4.57 Å². The lowest BCUT2D eigenvalue weighted by atomic mass is 10.1. The topological polar surface area (TPSA) is 46.5 Å². The van der Waals surface area contributed by atoms with Gasteiger partial charge in [-0.25, -0.2) is 0 Å². The van der Waals surface area contributed by atoms with Crippen molar-refractivity contribution in [1.29, 1.82) is 0 Å². The van der Waals surface area contributed by atoms with Crippen molar-refractivity contribution in [2.24, 2.45) is 0 Å². The van der Waals surface area contributed by atoms with Gasteiger partial charge in [-0.1, -0.05) is 30.3 Å². The second-order valence-electron chi connectivity index (χ2n) is 2.40. The van der Waals surface area contributed by atoms with Crippen molar-refractivity contribution >= 4 is 8.25 Å². The predicted octanol–water partition coefficient (Wildman–Crippen LogP) is 2.41. The third kappa shape index (κ3) is 2.70. The standard InChI is InChI=1S/C8H9O3P/c1-7(11-12(9)10)8-5-3-2-4-6-8/h2-7H,1H3/p+1. The summed E-state index contributed by atoms with van der Waals surface area (Å²) in [6.07, 6.45) is -0.334. The molecule has 0 heterocycles. The lowest BCUT2D eigenvalue weighted by molar-refractivity contribution is 0.209. The predicted molar refractivity (Wildman–Crippen MR) is 45.8 cm³/mol. The molecular weight excluding hydrogens is 175 g/mol. The van der Waals surface area contributed by atoms with E-state index in [2.05, 4.69) is 0 Å². The van der Waals surface area contributed by atoms with Gasteiger partial charge in [-0.05, 0) is 12.5 Å². The zero-order valence-electron chi connectivity index (χ0n) is 6.68. The van der Waals surface area contributed by atoms with Crippen molar-refractivity contribution in [3.05, 3.63) is 35.9 Å². The first-order valence-electron chi connectivity index (χ1n) is 3.58. The molecule has 0 saturated carbocycles. The van der Waals surface area contributed by atoms with E-state index < -0.39 is 8.25 Å². The Morgan fingerprint density at radius 2 is 2.00 bits per heavy atom. The zero-order chi connectivity index (χ0) is 8.97. The van der Waals surface area contributed by atoms with Gasteiger partial charge in [-0.15, -0.1) is 9.42 Å². The van der Waals surface area contributed by atoms with Gasteiger partial charge in [0.1, 0.15) is 6.10 Å². The average molecular weight is 185 g/mol. The van der Waals surface area contributed by atoms with E-state index in [1.165, 1.54) is 0 Å². The van der Waals surface area contributed by atoms with Crippen LogP contribution in [-0.2, 0) is 9.09 Å². The van der Waals surface area contributed by atoms with Crippen LogP contribution in [0.25, 0.3) is 0 Å². The molecule has 0 amide bonds. The van der Waals surface area contributed by atoms with Crippen LogP contribution < -0.4 is 0 Å². The molecule has 0 bridgehead atoms. The molecular formula is C8H10O3P+. The van der Waals surface area contributed by atoms with Crippen molar-refractivity contribution in [1.82, 2.24) is 0 Å². The molecule has 64 valence electrons. The van der Waals surface area contributed by atoms with Crippen LogP contribution in [0.4, 0.5) is 0 Å². The van der Waals surface area contributed by atoms with E-state index in [4.69, 9.17) is 9.42 Å². The van der Waals surface area contributed by atoms with Gasteiger partial charge in [-0.3, -0.25) is 0 Å². The fraction of sp³-hybridized carbons (Fsp3) is 0.250. The Hall–Kier alpha value is -0.760. The second kappa shape index (κ2) is 4.31. The summed E-state index contributed by atoms with van der Waals surface area (Å²) in [7, 11) is -2.51. The van der Waals surface area contributed by atoms with Crippen molar-refractivity contribution < 1.29 is 14.0 Å². The second-order valence-corrected chi connectivity index (χ2v) is 3.08. The van der Waals surface area contributed by atoms with Gasteiger partial charge < -0.3 is 0 Å². The first-order chi connectivity index (χ1) is 5.70. The highest BCUT2D eigenvalue weighted by atomic mass is 31.1. The third-order valence-corrected chi connectivity index (χ3v) is 2.01. The fourth-order valence-corrected chi connectivity index (χ4v) is 1.31. The van der Waals surface area contributed by atoms with E-state index in [0.717, 1.165) is 5.56 Å². The van der Waals surface area contributed by atoms with Gasteiger partial charge in [-0.2, -0.15) is 0 Å². The van der Waals surface area contributed by atoms with E-state index >= 15 is 0 Å². The molecule has 4 heteroatoms. The summed E-state index contributed by atoms with van der Waals surface area (Å²) >= 11 is 0. The van der Waals surface area contributed by atoms with Crippen LogP contribution in [0.15, 0.2) is 30.3 Å². The lowest BCUT2D eigenvalue weighted by Gasteiger charge is -2.02. The monoisotopic (exact) mass is 185 g/mol. The lowest BCUT2D eigenvalue weighted by Crippen LogP contribution is -1.92. The van der Waals surface area contributed by atoms with Crippen LogP contribution >= 0.6 is 8.25 Å². The Bertz CT molecular complexity index is 260. The van der Waals surface area contributed by atoms with Crippen molar-refractivity contribution in [3.8, 4) is 0 Å². The van der Waals surface area contributed by atoms with Gasteiger partial charge in [0.15, 0.2) is 0 Å². The average Bonchev–Trinajstić information content (AvgIpc) is 2.05. The molecule has 0 fully saturated rings. The van der Waals surface area contributed by atoms with Crippen LogP contribution in [0.2, 0.25) is 0 Å². The summed E-state index contributed by atoms with van der Waals surface area (Å²) in [5.74, 6) is 0. The Morgan fingerprint density at radius 3 is 2.50 bits per heavy atom. The fourth-order valence-electron chi connectivity index (χ4n) is 0.920. The Kier molecular flexibility index (Phi) is 3.35. The number of hydrogen-bond donors (Lipinski definition) is 1. The Labute approximate surface area is 71.9 Å². The minimum Gasteiger partial charge on any atom is -0.133 e. The van der Waals surface area contributed by atoms with E-state index in [-0.39, 0.29) is 6.10 Å². The minimum atomic E-state index is -2.51. The summed E-state index contributed by atoms with van der Waals surface area (Å²) < 4.78 is 15.0. The smallest absolute Gasteiger partial charge is 0.133 e. The van der Waals surface area contributed by atoms with E-state index in [0.29, 0.717) is 0 Å². The highest BCUT2D eigenvalue weighted by Crippen LogP contribution is 2.27. The van der Waals surface area contributed by atoms with Crippen LogP contribution in [0.5, 0.6) is 0 Å². The normalized spacial score (nSPS) is 14.0. The molecule has 0 aliphatic carbocycles. The third-order valence-electron chi connectivity index (χ3n) is 1.52. The molecule has 0 aliphatic rings. The SMILES string of the molecule is CC(O[P+](=O)O)c1ccccc1. The molecule has 1 rings (SSSR count). The van der Waals surface area contributed by atoms with Gasteiger partial charge in [0.25, 0.3) is 0 Å². The maximum Gasteiger partial charge on any atom is 0.695 e. The summed E-state index contributed by atoms with van der Waals surface area (Å²) in [6, 6.07) is 9.31. The number of rotatable bonds is 3. The largest absolute Gasteiger partial charge is 0.695 e. The van der Waals surface area contributed by atoms with Gasteiger partial charge >= 0.3 is 8.25 Å². The summed E-state index contributed by atoms with van der Waals surface area (Å²) in [5, 5.41) is 0. The molecule has 0 radical (unpaired) electrons. The molecule has 2 atom stereocenters. The summed E-state index contributed by atoms with van der Waals surface area (Å²) in [4.78, 5) is 8.47. The van der Waals surface area contributed by atoms with Crippen LogP contribution in [0.3, 0.4) is 0 Å². The Morgan fingerprint density at radius 1 is 1.42 bits per heavy atom. The molecule has 0 saturated heterocycles. The maximum atomic E-state index is 10.3. The molecule has 0 aliphatic heterocycles. The molecule has 3 nitrogen and oxygen atoms in total. The Balaban J connectivity index is 2.65. The van der Waals surface area contributed by atoms with E-state index in [9.17, 15) is 4.57 Å². The van der Waals surface area contributed by atoms with Crippen molar-refractivity contribution in [2.45, 2.75) is 13.0 Å². The van der Waals surface area contributed by atoms with Crippen LogP contribution in [0, 0.1) is 0 Å². The zero-order valence-corrected chi connectivity index (χ0v) is 7.57. The van der Waals surface area contributed by atoms with Crippen molar-refractivity contribution in [3.63, 3.8) is 0 Å². The molecule has 2 unspecified atom stereocenters. The summed E-state index contributed by atoms with van der Waals surface area (Å²) in [5.41, 5.74) is 0.898. The maximum absolute atomic E-state index is 10.3. The highest BCUT2D eigenvalue weighted by molar-refractivity contribution is 7.32. The first kappa shape index (κ1) is 9.33. The van der Waals surface area contributed by atoms with E-state index in [1.54, 1.807) is 6.92 Å². The van der Waals surface area contributed by atoms with E-state index in [1.807, 2.05) is 30.3 Å². The molecule has 0 spiro atoms. The molecule has 12 heavy (non-hydrogen) atoms. The van der Waals surface area contributed by atoms with Crippen LogP contribution in [-0.4, -0.2) is 4.89 Å². The molecule has 1 aromatic rings. The minimum absolute atomic E-state index is 0.334. The number of benzene rings is 1. The molecule has 0 aromatic heterocycles. The highest BCUT2D eigenvalue weighted by Gasteiger charge is 2.19. The first-order valence-corrected chi connectivity index (χ1v) is 4.71. The molecule has 1 aromatic carbocycles. The number of hydrogen-bond acceptors (Lipinski definition) is 2. The van der Waals surface area contributed by atoms with Gasteiger partial charge in [0.05, 0.1) is 0 Å².